The predicted molar refractivity (Wildman–Crippen MR) is 138 cm³/mol. The number of carbonyl (C=O) groups is 2. The molecule has 1 aliphatic carbocycles. The van der Waals surface area contributed by atoms with Crippen molar-refractivity contribution in [2.24, 2.45) is 0 Å². The summed E-state index contributed by atoms with van der Waals surface area (Å²) in [6.07, 6.45) is 1.15. The molecule has 1 saturated heterocycles. The van der Waals surface area contributed by atoms with Gasteiger partial charge in [0.05, 0.1) is 31.2 Å². The molecule has 2 aliphatic rings. The molecule has 0 spiro atoms. The van der Waals surface area contributed by atoms with Crippen LogP contribution in [-0.2, 0) is 16.0 Å². The van der Waals surface area contributed by atoms with Crippen LogP contribution in [0.3, 0.4) is 0 Å². The number of benzene rings is 2. The topological polar surface area (TPSA) is 115 Å². The average Bonchev–Trinajstić information content (AvgIpc) is 3.21. The van der Waals surface area contributed by atoms with Crippen molar-refractivity contribution in [3.8, 4) is 0 Å². The van der Waals surface area contributed by atoms with Crippen LogP contribution in [-0.4, -0.2) is 52.6 Å². The van der Waals surface area contributed by atoms with Gasteiger partial charge in [0.1, 0.15) is 0 Å². The highest BCUT2D eigenvalue weighted by atomic mass is 19.3. The number of hydrogen-bond donors (Lipinski definition) is 4. The molecule has 4 N–H and O–H groups in total. The zero-order chi connectivity index (χ0) is 27.4. The van der Waals surface area contributed by atoms with E-state index in [9.17, 15) is 23.5 Å². The molecule has 0 bridgehead atoms. The second kappa shape index (κ2) is 11.6. The van der Waals surface area contributed by atoms with Crippen molar-refractivity contribution in [2.45, 2.75) is 76.3 Å². The number of aliphatic hydroxyl groups excluding tert-OH is 1. The summed E-state index contributed by atoms with van der Waals surface area (Å²) in [4.78, 5) is 27.8. The largest absolute Gasteiger partial charge is 0.390 e. The number of carbonyl (C=O) groups excluding carboxylic acids is 2. The van der Waals surface area contributed by atoms with Gasteiger partial charge < -0.3 is 20.5 Å². The Labute approximate surface area is 220 Å². The summed E-state index contributed by atoms with van der Waals surface area (Å²) in [6, 6.07) is 12.7. The zero-order valence-electron chi connectivity index (χ0n) is 21.5. The Morgan fingerprint density at radius 1 is 1.24 bits per heavy atom. The molecule has 0 radical (unpaired) electrons. The first-order valence-electron chi connectivity index (χ1n) is 12.9. The van der Waals surface area contributed by atoms with Gasteiger partial charge in [0.15, 0.2) is 5.96 Å². The zero-order valence-corrected chi connectivity index (χ0v) is 21.5. The van der Waals surface area contributed by atoms with E-state index in [0.29, 0.717) is 30.4 Å². The highest BCUT2D eigenvalue weighted by Crippen LogP contribution is 2.34. The smallest absolute Gasteiger partial charge is 0.345 e. The van der Waals surface area contributed by atoms with Crippen molar-refractivity contribution in [1.82, 2.24) is 15.5 Å². The van der Waals surface area contributed by atoms with Crippen LogP contribution >= 0.6 is 0 Å². The normalized spacial score (nSPS) is 21.3. The van der Waals surface area contributed by atoms with Crippen molar-refractivity contribution >= 4 is 17.8 Å². The van der Waals surface area contributed by atoms with Crippen molar-refractivity contribution in [3.05, 3.63) is 70.8 Å². The number of hydrogen-bond acceptors (Lipinski definition) is 5. The first-order chi connectivity index (χ1) is 18.2. The minimum Gasteiger partial charge on any atom is -0.390 e. The van der Waals surface area contributed by atoms with E-state index in [4.69, 9.17) is 5.41 Å². The van der Waals surface area contributed by atoms with E-state index in [-0.39, 0.29) is 31.3 Å². The van der Waals surface area contributed by atoms with Crippen LogP contribution in [0.25, 0.3) is 0 Å². The fourth-order valence-corrected chi connectivity index (χ4v) is 5.43. The molecule has 2 amide bonds. The highest BCUT2D eigenvalue weighted by Gasteiger charge is 2.42. The number of fused-ring (bicyclic) bond motifs is 1. The van der Waals surface area contributed by atoms with Crippen molar-refractivity contribution in [3.63, 3.8) is 0 Å². The number of halogens is 2. The van der Waals surface area contributed by atoms with Gasteiger partial charge in [-0.05, 0) is 48.1 Å². The molecule has 38 heavy (non-hydrogen) atoms. The van der Waals surface area contributed by atoms with Crippen LogP contribution in [0.5, 0.6) is 0 Å². The van der Waals surface area contributed by atoms with Crippen LogP contribution < -0.4 is 10.6 Å². The first-order valence-corrected chi connectivity index (χ1v) is 12.9. The molecule has 0 unspecified atom stereocenters. The number of ether oxygens (including phenoxy) is 1. The summed E-state index contributed by atoms with van der Waals surface area (Å²) in [5.41, 5.74) is 2.11. The molecule has 1 heterocycles. The summed E-state index contributed by atoms with van der Waals surface area (Å²) in [5, 5.41) is 25.2. The summed E-state index contributed by atoms with van der Waals surface area (Å²) in [6.45, 7) is 0.592. The summed E-state index contributed by atoms with van der Waals surface area (Å²) in [5.74, 6) is -0.808. The molecule has 2 aromatic carbocycles. The molecule has 8 nitrogen and oxygen atoms in total. The number of alkyl halides is 2. The summed E-state index contributed by atoms with van der Waals surface area (Å²) in [7, 11) is 0. The van der Waals surface area contributed by atoms with Crippen LogP contribution in [0.2, 0.25) is 0 Å². The van der Waals surface area contributed by atoms with Gasteiger partial charge in [-0.2, -0.15) is 8.78 Å². The third kappa shape index (κ3) is 5.71. The molecule has 10 heteroatoms. The Hall–Kier alpha value is -3.37. The van der Waals surface area contributed by atoms with Crippen LogP contribution in [0.15, 0.2) is 48.5 Å². The maximum atomic E-state index is 13.3. The fourth-order valence-electron chi connectivity index (χ4n) is 5.43. The Bertz CT molecular complexity index is 1170. The second-order valence-electron chi connectivity index (χ2n) is 9.88. The molecule has 3 atom stereocenters. The van der Waals surface area contributed by atoms with E-state index >= 15 is 0 Å². The lowest BCUT2D eigenvalue weighted by atomic mass is 9.86. The number of nitrogens with one attached hydrogen (secondary N) is 3. The molecule has 2 aromatic rings. The SMILES string of the molecule is CCC1(CC)CC(=O)N([C@H](CCOC(F)F)c2cccc(C(=O)N[C@@H]3c4ccccc4C[C@H]3O)c2)C(=N)N1. The van der Waals surface area contributed by atoms with Crippen molar-refractivity contribution in [2.75, 3.05) is 6.61 Å². The second-order valence-corrected chi connectivity index (χ2v) is 9.88. The van der Waals surface area contributed by atoms with Gasteiger partial charge in [-0.25, -0.2) is 0 Å². The van der Waals surface area contributed by atoms with Gasteiger partial charge in [0.2, 0.25) is 5.91 Å². The Morgan fingerprint density at radius 2 is 1.97 bits per heavy atom. The molecule has 1 aliphatic heterocycles. The van der Waals surface area contributed by atoms with Crippen LogP contribution in [0.4, 0.5) is 8.78 Å². The minimum absolute atomic E-state index is 0.00514. The van der Waals surface area contributed by atoms with E-state index in [1.807, 2.05) is 38.1 Å². The first kappa shape index (κ1) is 27.7. The number of aliphatic hydroxyl groups is 1. The van der Waals surface area contributed by atoms with Gasteiger partial charge in [0, 0.05) is 17.5 Å². The monoisotopic (exact) mass is 528 g/mol. The lowest BCUT2D eigenvalue weighted by Crippen LogP contribution is -2.62. The molecule has 0 aromatic heterocycles. The molecular weight excluding hydrogens is 494 g/mol. The Morgan fingerprint density at radius 3 is 2.66 bits per heavy atom. The maximum absolute atomic E-state index is 13.3. The minimum atomic E-state index is -2.96. The maximum Gasteiger partial charge on any atom is 0.345 e. The van der Waals surface area contributed by atoms with Crippen molar-refractivity contribution in [1.29, 1.82) is 5.41 Å². The Balaban J connectivity index is 1.59. The lowest BCUT2D eigenvalue weighted by Gasteiger charge is -2.45. The third-order valence-corrected chi connectivity index (χ3v) is 7.71. The molecule has 204 valence electrons. The molecule has 1 fully saturated rings. The van der Waals surface area contributed by atoms with E-state index in [1.165, 1.54) is 4.90 Å². The molecular formula is C28H34F2N4O4. The van der Waals surface area contributed by atoms with Crippen molar-refractivity contribution < 1.29 is 28.2 Å². The van der Waals surface area contributed by atoms with Crippen LogP contribution in [0.1, 0.15) is 78.7 Å². The third-order valence-electron chi connectivity index (χ3n) is 7.71. The fraction of sp³-hybridized carbons (Fsp3) is 0.464. The predicted octanol–water partition coefficient (Wildman–Crippen LogP) is 4.06. The summed E-state index contributed by atoms with van der Waals surface area (Å²) < 4.78 is 30.0. The Kier molecular flexibility index (Phi) is 8.42. The number of rotatable bonds is 10. The average molecular weight is 529 g/mol. The lowest BCUT2D eigenvalue weighted by molar-refractivity contribution is -0.138. The van der Waals surface area contributed by atoms with E-state index < -0.39 is 36.2 Å². The molecule has 4 rings (SSSR count). The van der Waals surface area contributed by atoms with Gasteiger partial charge in [-0.15, -0.1) is 0 Å². The number of nitrogens with zero attached hydrogens (tertiary/aromatic N) is 1. The highest BCUT2D eigenvalue weighted by molar-refractivity contribution is 6.00. The quantitative estimate of drug-likeness (QED) is 0.371. The summed E-state index contributed by atoms with van der Waals surface area (Å²) >= 11 is 0. The van der Waals surface area contributed by atoms with Gasteiger partial charge >= 0.3 is 6.61 Å². The van der Waals surface area contributed by atoms with E-state index in [2.05, 4.69) is 15.4 Å². The van der Waals surface area contributed by atoms with Gasteiger partial charge in [0.25, 0.3) is 5.91 Å². The van der Waals surface area contributed by atoms with E-state index in [1.54, 1.807) is 24.3 Å². The standard InChI is InChI=1S/C28H34F2N4O4/c1-3-28(4-2)16-23(36)34(27(31)33-28)21(12-13-38-26(29)30)18-9-7-10-19(14-18)25(37)32-24-20-11-6-5-8-17(20)15-22(24)35/h5-11,14,21-22,24,26,35H,3-4,12-13,15-16H2,1-2H3,(H2,31,33)(H,32,37)/t21-,22-,24-/m1/s1. The number of guanidine groups is 1. The van der Waals surface area contributed by atoms with Crippen LogP contribution in [0, 0.1) is 5.41 Å². The number of amides is 2. The van der Waals surface area contributed by atoms with Gasteiger partial charge in [-0.3, -0.25) is 19.9 Å². The van der Waals surface area contributed by atoms with E-state index in [0.717, 1.165) is 11.1 Å². The van der Waals surface area contributed by atoms with Gasteiger partial charge in [-0.1, -0.05) is 50.2 Å². The molecule has 0 saturated carbocycles.